The number of anilines is 2. The molecule has 2 amide bonds. The van der Waals surface area contributed by atoms with Gasteiger partial charge in [0.25, 0.3) is 0 Å². The lowest BCUT2D eigenvalue weighted by Gasteiger charge is -2.40. The topological polar surface area (TPSA) is 81.6 Å². The van der Waals surface area contributed by atoms with E-state index in [-0.39, 0.29) is 24.5 Å². The highest BCUT2D eigenvalue weighted by Gasteiger charge is 2.29. The molecule has 1 aliphatic heterocycles. The van der Waals surface area contributed by atoms with E-state index >= 15 is 0 Å². The van der Waals surface area contributed by atoms with Crippen LogP contribution in [0, 0.1) is 12.7 Å². The van der Waals surface area contributed by atoms with Crippen LogP contribution in [0.5, 0.6) is 0 Å². The van der Waals surface area contributed by atoms with Crippen molar-refractivity contribution in [1.82, 2.24) is 14.9 Å². The summed E-state index contributed by atoms with van der Waals surface area (Å²) in [5, 5.41) is 12.4. The van der Waals surface area contributed by atoms with E-state index in [0.717, 1.165) is 21.3 Å². The molecule has 0 aliphatic carbocycles. The van der Waals surface area contributed by atoms with Crippen LogP contribution in [0.2, 0.25) is 0 Å². The smallest absolute Gasteiger partial charge is 0.323 e. The second kappa shape index (κ2) is 9.15. The number of pyridine rings is 1. The number of benzene rings is 1. The summed E-state index contributed by atoms with van der Waals surface area (Å²) < 4.78 is 15.7. The molecule has 0 saturated carbocycles. The van der Waals surface area contributed by atoms with Crippen molar-refractivity contribution < 1.29 is 14.3 Å². The number of hydrogen-bond donors (Lipinski definition) is 2. The number of hydrogen-bond acceptors (Lipinski definition) is 6. The van der Waals surface area contributed by atoms with E-state index in [1.54, 1.807) is 11.1 Å². The number of aliphatic hydroxyl groups is 1. The molecular weight excluding hydrogens is 417 g/mol. The Labute approximate surface area is 184 Å². The first kappa shape index (κ1) is 21.5. The van der Waals surface area contributed by atoms with Crippen molar-refractivity contribution in [3.63, 3.8) is 0 Å². The zero-order chi connectivity index (χ0) is 22.0. The molecular formula is C22H26FN5O2S. The Morgan fingerprint density at radius 3 is 2.94 bits per heavy atom. The lowest BCUT2D eigenvalue weighted by Crippen LogP contribution is -2.55. The van der Waals surface area contributed by atoms with Crippen molar-refractivity contribution in [2.24, 2.45) is 0 Å². The fraction of sp³-hybridized carbons (Fsp3) is 0.409. The number of aryl methyl sites for hydroxylation is 2. The van der Waals surface area contributed by atoms with E-state index < -0.39 is 0 Å². The summed E-state index contributed by atoms with van der Waals surface area (Å²) >= 11 is 1.46. The average Bonchev–Trinajstić information content (AvgIpc) is 3.14. The van der Waals surface area contributed by atoms with E-state index in [1.807, 2.05) is 30.9 Å². The zero-order valence-electron chi connectivity index (χ0n) is 17.6. The Kier molecular flexibility index (Phi) is 6.33. The quantitative estimate of drug-likeness (QED) is 0.627. The number of carbonyl (C=O) groups excluding carboxylic acids is 1. The van der Waals surface area contributed by atoms with Gasteiger partial charge in [-0.15, -0.1) is 0 Å². The molecule has 1 saturated heterocycles. The number of fused-ring (bicyclic) bond motifs is 1. The second-order valence-electron chi connectivity index (χ2n) is 7.88. The minimum absolute atomic E-state index is 0.0705. The fourth-order valence-corrected chi connectivity index (χ4v) is 4.77. The fourth-order valence-electron chi connectivity index (χ4n) is 3.81. The van der Waals surface area contributed by atoms with Gasteiger partial charge in [0.05, 0.1) is 10.2 Å². The normalized spacial score (nSPS) is 16.7. The molecule has 164 valence electrons. The van der Waals surface area contributed by atoms with Gasteiger partial charge in [0, 0.05) is 38.5 Å². The molecule has 2 N–H and O–H groups in total. The molecule has 0 spiro atoms. The van der Waals surface area contributed by atoms with Crippen LogP contribution < -0.4 is 10.2 Å². The molecule has 2 aromatic heterocycles. The van der Waals surface area contributed by atoms with Gasteiger partial charge in [0.2, 0.25) is 0 Å². The van der Waals surface area contributed by atoms with Crippen LogP contribution in [0.1, 0.15) is 24.5 Å². The molecule has 3 aromatic rings. The number of rotatable bonds is 5. The van der Waals surface area contributed by atoms with Crippen LogP contribution in [-0.4, -0.2) is 58.3 Å². The van der Waals surface area contributed by atoms with E-state index in [1.165, 1.54) is 17.4 Å². The monoisotopic (exact) mass is 443 g/mol. The highest BCUT2D eigenvalue weighted by Crippen LogP contribution is 2.27. The minimum atomic E-state index is -0.370. The molecule has 31 heavy (non-hydrogen) atoms. The predicted molar refractivity (Wildman–Crippen MR) is 121 cm³/mol. The third kappa shape index (κ3) is 4.77. The maximum atomic E-state index is 14.6. The first-order valence-electron chi connectivity index (χ1n) is 10.4. The summed E-state index contributed by atoms with van der Waals surface area (Å²) in [5.74, 6) is -0.0631. The number of carbonyl (C=O) groups is 1. The van der Waals surface area contributed by atoms with Crippen LogP contribution >= 0.6 is 11.3 Å². The number of halogens is 1. The van der Waals surface area contributed by atoms with Gasteiger partial charge < -0.3 is 14.9 Å². The Bertz CT molecular complexity index is 1090. The number of piperazine rings is 1. The molecule has 1 atom stereocenters. The number of aromatic nitrogens is 2. The van der Waals surface area contributed by atoms with Crippen molar-refractivity contribution in [2.75, 3.05) is 36.5 Å². The summed E-state index contributed by atoms with van der Waals surface area (Å²) in [6.07, 6.45) is 2.84. The van der Waals surface area contributed by atoms with E-state index in [4.69, 9.17) is 5.11 Å². The Morgan fingerprint density at radius 2 is 2.19 bits per heavy atom. The first-order valence-corrected chi connectivity index (χ1v) is 11.2. The van der Waals surface area contributed by atoms with Crippen molar-refractivity contribution in [3.05, 3.63) is 47.4 Å². The van der Waals surface area contributed by atoms with E-state index in [0.29, 0.717) is 43.4 Å². The Balaban J connectivity index is 1.39. The molecule has 1 aliphatic rings. The SMILES string of the molecule is Cc1ccc2nc(NC(=O)N3CCN(c4ncc(CCCO)cc4F)C(C)C3)sc2c1. The standard InChI is InChI=1S/C22H26FN5O2S/c1-14-5-6-18-19(10-14)31-21(25-18)26-22(30)27-7-8-28(15(2)13-27)20-17(23)11-16(12-24-20)4-3-9-29/h5-6,10-12,15,29H,3-4,7-9,13H2,1-2H3,(H,25,26,30). The summed E-state index contributed by atoms with van der Waals surface area (Å²) in [6.45, 7) is 5.48. The first-order chi connectivity index (χ1) is 14.9. The summed E-state index contributed by atoms with van der Waals surface area (Å²) in [7, 11) is 0. The van der Waals surface area contributed by atoms with Gasteiger partial charge >= 0.3 is 6.03 Å². The number of thiazole rings is 1. The summed E-state index contributed by atoms with van der Waals surface area (Å²) in [5.41, 5.74) is 2.79. The van der Waals surface area contributed by atoms with Crippen LogP contribution in [0.15, 0.2) is 30.5 Å². The Morgan fingerprint density at radius 1 is 1.35 bits per heavy atom. The maximum Gasteiger partial charge on any atom is 0.323 e. The second-order valence-corrected chi connectivity index (χ2v) is 8.92. The van der Waals surface area contributed by atoms with Crippen LogP contribution in [0.4, 0.5) is 20.1 Å². The summed E-state index contributed by atoms with van der Waals surface area (Å²) in [4.78, 5) is 25.2. The molecule has 1 aromatic carbocycles. The van der Waals surface area contributed by atoms with Gasteiger partial charge in [-0.3, -0.25) is 5.32 Å². The van der Waals surface area contributed by atoms with Gasteiger partial charge in [-0.25, -0.2) is 19.2 Å². The van der Waals surface area contributed by atoms with Gasteiger partial charge in [0.15, 0.2) is 16.8 Å². The van der Waals surface area contributed by atoms with Crippen molar-refractivity contribution in [1.29, 1.82) is 0 Å². The number of aliphatic hydroxyl groups excluding tert-OH is 1. The molecule has 1 fully saturated rings. The van der Waals surface area contributed by atoms with Crippen LogP contribution in [0.3, 0.4) is 0 Å². The highest BCUT2D eigenvalue weighted by molar-refractivity contribution is 7.22. The largest absolute Gasteiger partial charge is 0.396 e. The lowest BCUT2D eigenvalue weighted by atomic mass is 10.1. The predicted octanol–water partition coefficient (Wildman–Crippen LogP) is 3.81. The van der Waals surface area contributed by atoms with E-state index in [2.05, 4.69) is 21.4 Å². The number of nitrogens with zero attached hydrogens (tertiary/aromatic N) is 4. The van der Waals surface area contributed by atoms with E-state index in [9.17, 15) is 9.18 Å². The molecule has 3 heterocycles. The maximum absolute atomic E-state index is 14.6. The van der Waals surface area contributed by atoms with Crippen molar-refractivity contribution in [3.8, 4) is 0 Å². The van der Waals surface area contributed by atoms with Gasteiger partial charge in [-0.05, 0) is 56.0 Å². The van der Waals surface area contributed by atoms with Crippen LogP contribution in [0.25, 0.3) is 10.2 Å². The molecule has 7 nitrogen and oxygen atoms in total. The van der Waals surface area contributed by atoms with Gasteiger partial charge in [-0.1, -0.05) is 17.4 Å². The lowest BCUT2D eigenvalue weighted by molar-refractivity contribution is 0.199. The molecule has 9 heteroatoms. The van der Waals surface area contributed by atoms with Crippen LogP contribution in [-0.2, 0) is 6.42 Å². The molecule has 0 radical (unpaired) electrons. The minimum Gasteiger partial charge on any atom is -0.396 e. The van der Waals surface area contributed by atoms with Gasteiger partial charge in [0.1, 0.15) is 0 Å². The van der Waals surface area contributed by atoms with Crippen molar-refractivity contribution >= 4 is 38.5 Å². The molecule has 0 bridgehead atoms. The summed E-state index contributed by atoms with van der Waals surface area (Å²) in [6, 6.07) is 7.21. The highest BCUT2D eigenvalue weighted by atomic mass is 32.1. The number of nitrogens with one attached hydrogen (secondary N) is 1. The third-order valence-corrected chi connectivity index (χ3v) is 6.38. The average molecular weight is 444 g/mol. The van der Waals surface area contributed by atoms with Crippen molar-refractivity contribution in [2.45, 2.75) is 32.7 Å². The third-order valence-electron chi connectivity index (χ3n) is 5.45. The molecule has 1 unspecified atom stereocenters. The zero-order valence-corrected chi connectivity index (χ0v) is 18.5. The molecule has 4 rings (SSSR count). The number of amides is 2. The Hall–Kier alpha value is -2.78. The van der Waals surface area contributed by atoms with Gasteiger partial charge in [-0.2, -0.15) is 0 Å². The number of urea groups is 1.